The quantitative estimate of drug-likeness (QED) is 0.846. The van der Waals surface area contributed by atoms with Crippen molar-refractivity contribution in [1.29, 1.82) is 0 Å². The van der Waals surface area contributed by atoms with Crippen LogP contribution >= 0.6 is 31.9 Å². The summed E-state index contributed by atoms with van der Waals surface area (Å²) < 4.78 is 28.2. The number of nitrogens with zero attached hydrogens (tertiary/aromatic N) is 1. The Hall–Kier alpha value is -0.920. The second kappa shape index (κ2) is 5.60. The molecule has 0 amide bonds. The molecule has 7 heteroatoms. The molecule has 1 aromatic heterocycles. The van der Waals surface area contributed by atoms with Gasteiger partial charge in [0, 0.05) is 16.9 Å². The molecule has 100 valence electrons. The molecule has 0 saturated heterocycles. The van der Waals surface area contributed by atoms with Gasteiger partial charge >= 0.3 is 0 Å². The number of rotatable bonds is 3. The molecule has 2 aromatic rings. The Labute approximate surface area is 128 Å². The number of sulfonamides is 1. The zero-order valence-electron chi connectivity index (χ0n) is 9.89. The van der Waals surface area contributed by atoms with E-state index in [-0.39, 0.29) is 4.90 Å². The summed E-state index contributed by atoms with van der Waals surface area (Å²) in [5, 5.41) is 0. The van der Waals surface area contributed by atoms with Crippen molar-refractivity contribution in [3.05, 3.63) is 51.2 Å². The van der Waals surface area contributed by atoms with Gasteiger partial charge in [-0.1, -0.05) is 6.07 Å². The number of aromatic nitrogens is 1. The molecule has 0 aliphatic heterocycles. The smallest absolute Gasteiger partial charge is 0.263 e. The van der Waals surface area contributed by atoms with E-state index in [0.717, 1.165) is 5.56 Å². The van der Waals surface area contributed by atoms with Gasteiger partial charge in [0.05, 0.1) is 10.2 Å². The molecule has 0 aliphatic rings. The second-order valence-electron chi connectivity index (χ2n) is 3.89. The third-order valence-corrected chi connectivity index (χ3v) is 5.37. The molecular formula is C12H10Br2N2O2S. The van der Waals surface area contributed by atoms with E-state index in [1.807, 2.05) is 6.92 Å². The summed E-state index contributed by atoms with van der Waals surface area (Å²) in [4.78, 5) is 4.08. The van der Waals surface area contributed by atoms with Crippen LogP contribution in [0.25, 0.3) is 0 Å². The molecule has 0 saturated carbocycles. The summed E-state index contributed by atoms with van der Waals surface area (Å²) in [6, 6.07) is 6.66. The summed E-state index contributed by atoms with van der Waals surface area (Å²) in [7, 11) is -3.64. The van der Waals surface area contributed by atoms with Gasteiger partial charge in [0.1, 0.15) is 4.90 Å². The largest absolute Gasteiger partial charge is 0.278 e. The molecule has 0 radical (unpaired) electrons. The van der Waals surface area contributed by atoms with Crippen LogP contribution in [0.1, 0.15) is 5.56 Å². The minimum Gasteiger partial charge on any atom is -0.278 e. The van der Waals surface area contributed by atoms with Gasteiger partial charge < -0.3 is 0 Å². The van der Waals surface area contributed by atoms with E-state index in [1.54, 1.807) is 24.3 Å². The fourth-order valence-electron chi connectivity index (χ4n) is 1.48. The normalized spacial score (nSPS) is 11.3. The maximum atomic E-state index is 12.3. The summed E-state index contributed by atoms with van der Waals surface area (Å²) >= 11 is 6.52. The number of nitrogens with one attached hydrogen (secondary N) is 1. The molecule has 0 bridgehead atoms. The lowest BCUT2D eigenvalue weighted by Gasteiger charge is -2.11. The number of pyridine rings is 1. The van der Waals surface area contributed by atoms with Crippen LogP contribution < -0.4 is 4.72 Å². The van der Waals surface area contributed by atoms with Gasteiger partial charge in [0.15, 0.2) is 0 Å². The Kier molecular flexibility index (Phi) is 4.27. The van der Waals surface area contributed by atoms with Crippen molar-refractivity contribution in [3.63, 3.8) is 0 Å². The fourth-order valence-corrected chi connectivity index (χ4v) is 4.24. The number of anilines is 1. The van der Waals surface area contributed by atoms with Crippen LogP contribution in [-0.4, -0.2) is 13.4 Å². The van der Waals surface area contributed by atoms with E-state index < -0.39 is 10.0 Å². The summed E-state index contributed by atoms with van der Waals surface area (Å²) in [5.41, 5.74) is 1.43. The third-order valence-electron chi connectivity index (χ3n) is 2.39. The standard InChI is InChI=1S/C12H10Br2N2O2S/c1-8-2-3-12(9(13)6-8)19(17,18)16-11-4-5-15-7-10(11)14/h2-7H,1H3,(H,15,16). The molecule has 0 atom stereocenters. The van der Waals surface area contributed by atoms with Gasteiger partial charge in [-0.2, -0.15) is 0 Å². The van der Waals surface area contributed by atoms with Crippen LogP contribution in [0, 0.1) is 6.92 Å². The minimum absolute atomic E-state index is 0.196. The first-order valence-corrected chi connectivity index (χ1v) is 8.35. The highest BCUT2D eigenvalue weighted by atomic mass is 79.9. The highest BCUT2D eigenvalue weighted by molar-refractivity contribution is 9.11. The van der Waals surface area contributed by atoms with Gasteiger partial charge in [-0.25, -0.2) is 8.42 Å². The molecular weight excluding hydrogens is 396 g/mol. The molecule has 0 spiro atoms. The Morgan fingerprint density at radius 2 is 1.89 bits per heavy atom. The lowest BCUT2D eigenvalue weighted by molar-refractivity contribution is 0.600. The average molecular weight is 406 g/mol. The minimum atomic E-state index is -3.64. The van der Waals surface area contributed by atoms with Crippen LogP contribution in [0.5, 0.6) is 0 Å². The van der Waals surface area contributed by atoms with Gasteiger partial charge in [0.25, 0.3) is 10.0 Å². The first-order valence-electron chi connectivity index (χ1n) is 5.28. The van der Waals surface area contributed by atoms with E-state index in [0.29, 0.717) is 14.6 Å². The van der Waals surface area contributed by atoms with E-state index in [2.05, 4.69) is 41.6 Å². The zero-order chi connectivity index (χ0) is 14.0. The lowest BCUT2D eigenvalue weighted by Crippen LogP contribution is -2.14. The van der Waals surface area contributed by atoms with Gasteiger partial charge in [0.2, 0.25) is 0 Å². The van der Waals surface area contributed by atoms with Gasteiger partial charge in [-0.3, -0.25) is 9.71 Å². The van der Waals surface area contributed by atoms with Crippen LogP contribution in [0.2, 0.25) is 0 Å². The van der Waals surface area contributed by atoms with Gasteiger partial charge in [-0.15, -0.1) is 0 Å². The van der Waals surface area contributed by atoms with E-state index in [1.165, 1.54) is 12.4 Å². The average Bonchev–Trinajstić information content (AvgIpc) is 2.31. The number of aryl methyl sites for hydroxylation is 1. The van der Waals surface area contributed by atoms with Crippen LogP contribution in [-0.2, 0) is 10.0 Å². The zero-order valence-corrected chi connectivity index (χ0v) is 13.9. The van der Waals surface area contributed by atoms with Crippen molar-refractivity contribution in [2.24, 2.45) is 0 Å². The summed E-state index contributed by atoms with van der Waals surface area (Å²) in [6.45, 7) is 1.90. The SMILES string of the molecule is Cc1ccc(S(=O)(=O)Nc2ccncc2Br)c(Br)c1. The monoisotopic (exact) mass is 404 g/mol. The number of hydrogen-bond acceptors (Lipinski definition) is 3. The van der Waals surface area contributed by atoms with E-state index in [4.69, 9.17) is 0 Å². The Morgan fingerprint density at radius 1 is 1.16 bits per heavy atom. The summed E-state index contributed by atoms with van der Waals surface area (Å²) in [5.74, 6) is 0. The van der Waals surface area contributed by atoms with Crippen molar-refractivity contribution in [2.45, 2.75) is 11.8 Å². The molecule has 19 heavy (non-hydrogen) atoms. The van der Waals surface area contributed by atoms with Crippen LogP contribution in [0.3, 0.4) is 0 Å². The molecule has 1 aromatic carbocycles. The molecule has 4 nitrogen and oxygen atoms in total. The number of benzene rings is 1. The Morgan fingerprint density at radius 3 is 2.53 bits per heavy atom. The predicted molar refractivity (Wildman–Crippen MR) is 81.6 cm³/mol. The van der Waals surface area contributed by atoms with Crippen molar-refractivity contribution in [3.8, 4) is 0 Å². The van der Waals surface area contributed by atoms with E-state index in [9.17, 15) is 8.42 Å². The second-order valence-corrected chi connectivity index (χ2v) is 7.25. The highest BCUT2D eigenvalue weighted by Gasteiger charge is 2.18. The Balaban J connectivity index is 2.41. The molecule has 1 heterocycles. The molecule has 2 rings (SSSR count). The van der Waals surface area contributed by atoms with Crippen molar-refractivity contribution < 1.29 is 8.42 Å². The topological polar surface area (TPSA) is 59.1 Å². The Bertz CT molecular complexity index is 717. The van der Waals surface area contributed by atoms with Crippen molar-refractivity contribution >= 4 is 47.6 Å². The highest BCUT2D eigenvalue weighted by Crippen LogP contribution is 2.27. The summed E-state index contributed by atoms with van der Waals surface area (Å²) in [6.07, 6.45) is 3.05. The van der Waals surface area contributed by atoms with Crippen molar-refractivity contribution in [2.75, 3.05) is 4.72 Å². The number of hydrogen-bond donors (Lipinski definition) is 1. The third kappa shape index (κ3) is 3.34. The van der Waals surface area contributed by atoms with Gasteiger partial charge in [-0.05, 0) is 62.5 Å². The van der Waals surface area contributed by atoms with Crippen molar-refractivity contribution in [1.82, 2.24) is 4.98 Å². The van der Waals surface area contributed by atoms with Crippen LogP contribution in [0.4, 0.5) is 5.69 Å². The maximum absolute atomic E-state index is 12.3. The predicted octanol–water partition coefficient (Wildman–Crippen LogP) is 3.72. The number of halogens is 2. The van der Waals surface area contributed by atoms with Crippen LogP contribution in [0.15, 0.2) is 50.5 Å². The fraction of sp³-hybridized carbons (Fsp3) is 0.0833. The first-order chi connectivity index (χ1) is 8.90. The first kappa shape index (κ1) is 14.5. The molecule has 0 aliphatic carbocycles. The molecule has 0 unspecified atom stereocenters. The maximum Gasteiger partial charge on any atom is 0.263 e. The molecule has 1 N–H and O–H groups in total. The van der Waals surface area contributed by atoms with E-state index >= 15 is 0 Å². The lowest BCUT2D eigenvalue weighted by atomic mass is 10.2. The molecule has 0 fully saturated rings.